The molecule has 1 heterocycles. The number of hydrogen-bond donors (Lipinski definition) is 1. The van der Waals surface area contributed by atoms with Gasteiger partial charge in [0, 0.05) is 12.2 Å². The fourth-order valence-corrected chi connectivity index (χ4v) is 2.47. The number of nitrogens with one attached hydrogen (secondary N) is 1. The molecule has 1 unspecified atom stereocenters. The number of methoxy groups -OCH3 is 1. The molecule has 1 N–H and O–H groups in total. The Labute approximate surface area is 112 Å². The minimum absolute atomic E-state index is 0.0976. The van der Waals surface area contributed by atoms with Gasteiger partial charge in [0.05, 0.1) is 18.2 Å². The summed E-state index contributed by atoms with van der Waals surface area (Å²) >= 11 is 6.09. The molecular formula is C13H17ClN2O2. The van der Waals surface area contributed by atoms with Gasteiger partial charge in [-0.3, -0.25) is 4.79 Å². The van der Waals surface area contributed by atoms with Crippen LogP contribution >= 0.6 is 11.6 Å². The van der Waals surface area contributed by atoms with Crippen molar-refractivity contribution in [1.82, 2.24) is 5.32 Å². The molecule has 5 heteroatoms. The maximum Gasteiger partial charge on any atom is 0.244 e. The number of rotatable bonds is 3. The summed E-state index contributed by atoms with van der Waals surface area (Å²) in [4.78, 5) is 14.0. The molecule has 98 valence electrons. The maximum absolute atomic E-state index is 12.2. The molecule has 0 radical (unpaired) electrons. The van der Waals surface area contributed by atoms with E-state index in [1.807, 2.05) is 13.1 Å². The Morgan fingerprint density at radius 2 is 2.28 bits per heavy atom. The topological polar surface area (TPSA) is 41.6 Å². The molecule has 0 aromatic heterocycles. The van der Waals surface area contributed by atoms with Crippen LogP contribution in [0, 0.1) is 0 Å². The van der Waals surface area contributed by atoms with Gasteiger partial charge >= 0.3 is 0 Å². The van der Waals surface area contributed by atoms with Crippen LogP contribution in [0.1, 0.15) is 12.8 Å². The standard InChI is InChI=1S/C13H17ClN2O2/c1-15-11-4-3-7-16(13(11)17)9-5-6-12(18-2)10(14)8-9/h5-6,8,11,15H,3-4,7H2,1-2H3. The Balaban J connectivity index is 2.25. The molecule has 0 bridgehead atoms. The number of hydrogen-bond acceptors (Lipinski definition) is 3. The van der Waals surface area contributed by atoms with Crippen LogP contribution in [-0.4, -0.2) is 32.7 Å². The van der Waals surface area contributed by atoms with Crippen molar-refractivity contribution in [2.75, 3.05) is 25.6 Å². The molecule has 1 fully saturated rings. The zero-order valence-corrected chi connectivity index (χ0v) is 11.3. The van der Waals surface area contributed by atoms with Crippen LogP contribution in [0.2, 0.25) is 5.02 Å². The second-order valence-electron chi connectivity index (χ2n) is 4.29. The second-order valence-corrected chi connectivity index (χ2v) is 4.70. The van der Waals surface area contributed by atoms with Crippen molar-refractivity contribution in [2.45, 2.75) is 18.9 Å². The Morgan fingerprint density at radius 1 is 1.50 bits per heavy atom. The molecule has 4 nitrogen and oxygen atoms in total. The molecule has 0 spiro atoms. The molecule has 1 aromatic rings. The number of likely N-dealkylation sites (N-methyl/N-ethyl adjacent to an activating group) is 1. The minimum atomic E-state index is -0.0976. The van der Waals surface area contributed by atoms with Gasteiger partial charge in [-0.2, -0.15) is 0 Å². The van der Waals surface area contributed by atoms with E-state index in [9.17, 15) is 4.79 Å². The average Bonchev–Trinajstić information content (AvgIpc) is 2.39. The first-order valence-corrected chi connectivity index (χ1v) is 6.37. The molecule has 1 amide bonds. The third kappa shape index (κ3) is 2.44. The van der Waals surface area contributed by atoms with Gasteiger partial charge < -0.3 is 15.0 Å². The fraction of sp³-hybridized carbons (Fsp3) is 0.462. The van der Waals surface area contributed by atoms with Crippen LogP contribution in [0.15, 0.2) is 18.2 Å². The number of amides is 1. The first-order valence-electron chi connectivity index (χ1n) is 5.99. The number of carbonyl (C=O) groups is 1. The van der Waals surface area contributed by atoms with Gasteiger partial charge in [0.1, 0.15) is 5.75 Å². The summed E-state index contributed by atoms with van der Waals surface area (Å²) in [6.07, 6.45) is 1.87. The molecule has 1 aromatic carbocycles. The van der Waals surface area contributed by atoms with Crippen molar-refractivity contribution < 1.29 is 9.53 Å². The summed E-state index contributed by atoms with van der Waals surface area (Å²) in [6, 6.07) is 5.32. The number of halogens is 1. The van der Waals surface area contributed by atoms with E-state index in [1.165, 1.54) is 0 Å². The predicted molar refractivity (Wildman–Crippen MR) is 72.4 cm³/mol. The summed E-state index contributed by atoms with van der Waals surface area (Å²) in [7, 11) is 3.39. The normalized spacial score (nSPS) is 20.1. The van der Waals surface area contributed by atoms with Gasteiger partial charge in [-0.15, -0.1) is 0 Å². The van der Waals surface area contributed by atoms with Crippen LogP contribution < -0.4 is 15.0 Å². The van der Waals surface area contributed by atoms with Crippen molar-refractivity contribution >= 4 is 23.2 Å². The molecule has 1 aliphatic heterocycles. The van der Waals surface area contributed by atoms with Gasteiger partial charge in [0.15, 0.2) is 0 Å². The third-order valence-corrected chi connectivity index (χ3v) is 3.53. The number of ether oxygens (including phenoxy) is 1. The van der Waals surface area contributed by atoms with Crippen LogP contribution in [-0.2, 0) is 4.79 Å². The molecule has 0 aliphatic carbocycles. The molecule has 1 saturated heterocycles. The van der Waals surface area contributed by atoms with Crippen molar-refractivity contribution in [3.63, 3.8) is 0 Å². The summed E-state index contributed by atoms with van der Waals surface area (Å²) in [5.41, 5.74) is 0.825. The van der Waals surface area contributed by atoms with Crippen molar-refractivity contribution in [3.8, 4) is 5.75 Å². The largest absolute Gasteiger partial charge is 0.495 e. The maximum atomic E-state index is 12.2. The highest BCUT2D eigenvalue weighted by Crippen LogP contribution is 2.30. The monoisotopic (exact) mass is 268 g/mol. The van der Waals surface area contributed by atoms with E-state index in [2.05, 4.69) is 5.32 Å². The Hall–Kier alpha value is -1.26. The quantitative estimate of drug-likeness (QED) is 0.912. The van der Waals surface area contributed by atoms with Crippen LogP contribution in [0.5, 0.6) is 5.75 Å². The summed E-state index contributed by atoms with van der Waals surface area (Å²) in [5, 5.41) is 3.56. The highest BCUT2D eigenvalue weighted by atomic mass is 35.5. The van der Waals surface area contributed by atoms with Crippen LogP contribution in [0.25, 0.3) is 0 Å². The van der Waals surface area contributed by atoms with Gasteiger partial charge in [-0.05, 0) is 38.1 Å². The van der Waals surface area contributed by atoms with E-state index in [4.69, 9.17) is 16.3 Å². The Morgan fingerprint density at radius 3 is 2.89 bits per heavy atom. The van der Waals surface area contributed by atoms with E-state index in [0.29, 0.717) is 10.8 Å². The minimum Gasteiger partial charge on any atom is -0.495 e. The van der Waals surface area contributed by atoms with E-state index in [0.717, 1.165) is 25.1 Å². The zero-order valence-electron chi connectivity index (χ0n) is 10.6. The lowest BCUT2D eigenvalue weighted by molar-refractivity contribution is -0.121. The van der Waals surface area contributed by atoms with E-state index in [1.54, 1.807) is 24.1 Å². The number of nitrogens with zero attached hydrogens (tertiary/aromatic N) is 1. The summed E-state index contributed by atoms with van der Waals surface area (Å²) in [5.74, 6) is 0.722. The smallest absolute Gasteiger partial charge is 0.244 e. The molecule has 1 atom stereocenters. The van der Waals surface area contributed by atoms with E-state index in [-0.39, 0.29) is 11.9 Å². The van der Waals surface area contributed by atoms with E-state index >= 15 is 0 Å². The zero-order chi connectivity index (χ0) is 13.1. The summed E-state index contributed by atoms with van der Waals surface area (Å²) < 4.78 is 5.11. The molecular weight excluding hydrogens is 252 g/mol. The Kier molecular flexibility index (Phi) is 4.09. The average molecular weight is 269 g/mol. The summed E-state index contributed by atoms with van der Waals surface area (Å²) in [6.45, 7) is 0.736. The molecule has 2 rings (SSSR count). The number of carbonyl (C=O) groups excluding carboxylic acids is 1. The highest BCUT2D eigenvalue weighted by Gasteiger charge is 2.28. The Bertz CT molecular complexity index is 451. The predicted octanol–water partition coefficient (Wildman–Crippen LogP) is 2.06. The molecule has 18 heavy (non-hydrogen) atoms. The van der Waals surface area contributed by atoms with Crippen LogP contribution in [0.4, 0.5) is 5.69 Å². The lowest BCUT2D eigenvalue weighted by Gasteiger charge is -2.32. The van der Waals surface area contributed by atoms with Gasteiger partial charge in [0.25, 0.3) is 0 Å². The van der Waals surface area contributed by atoms with Gasteiger partial charge in [0.2, 0.25) is 5.91 Å². The first kappa shape index (κ1) is 13.2. The SMILES string of the molecule is CNC1CCCN(c2ccc(OC)c(Cl)c2)C1=O. The van der Waals surface area contributed by atoms with Gasteiger partial charge in [-0.25, -0.2) is 0 Å². The number of anilines is 1. The molecule has 0 saturated carbocycles. The fourth-order valence-electron chi connectivity index (χ4n) is 2.22. The lowest BCUT2D eigenvalue weighted by atomic mass is 10.0. The first-order chi connectivity index (χ1) is 8.67. The van der Waals surface area contributed by atoms with Crippen molar-refractivity contribution in [3.05, 3.63) is 23.2 Å². The molecule has 1 aliphatic rings. The van der Waals surface area contributed by atoms with Crippen molar-refractivity contribution in [2.24, 2.45) is 0 Å². The van der Waals surface area contributed by atoms with Crippen molar-refractivity contribution in [1.29, 1.82) is 0 Å². The third-order valence-electron chi connectivity index (χ3n) is 3.23. The lowest BCUT2D eigenvalue weighted by Crippen LogP contribution is -2.49. The highest BCUT2D eigenvalue weighted by molar-refractivity contribution is 6.32. The van der Waals surface area contributed by atoms with Crippen LogP contribution in [0.3, 0.4) is 0 Å². The number of piperidine rings is 1. The van der Waals surface area contributed by atoms with E-state index < -0.39 is 0 Å². The number of benzene rings is 1. The van der Waals surface area contributed by atoms with Gasteiger partial charge in [-0.1, -0.05) is 11.6 Å². The second kappa shape index (κ2) is 5.59.